The smallest absolute Gasteiger partial charge is 0.325 e. The Hall–Kier alpha value is -1.79. The maximum atomic E-state index is 12.0. The molecule has 6 nitrogen and oxygen atoms in total. The second kappa shape index (κ2) is 9.95. The molecule has 0 aromatic heterocycles. The van der Waals surface area contributed by atoms with Gasteiger partial charge < -0.3 is 15.4 Å². The fourth-order valence-electron chi connectivity index (χ4n) is 3.15. The van der Waals surface area contributed by atoms with Gasteiger partial charge in [0.1, 0.15) is 6.54 Å². The first kappa shape index (κ1) is 21.5. The molecule has 3 atom stereocenters. The van der Waals surface area contributed by atoms with E-state index in [2.05, 4.69) is 24.5 Å². The molecule has 1 saturated carbocycles. The van der Waals surface area contributed by atoms with Crippen LogP contribution in [0.1, 0.15) is 43.5 Å². The summed E-state index contributed by atoms with van der Waals surface area (Å²) in [6, 6.07) is 4.53. The minimum Gasteiger partial charge on any atom is -0.454 e. The predicted molar refractivity (Wildman–Crippen MR) is 104 cm³/mol. The molecule has 0 saturated heterocycles. The van der Waals surface area contributed by atoms with Crippen LogP contribution in [-0.2, 0) is 14.3 Å². The average Bonchev–Trinajstić information content (AvgIpc) is 2.62. The molecule has 1 aromatic carbocycles. The molecule has 1 aromatic rings. The summed E-state index contributed by atoms with van der Waals surface area (Å²) < 4.78 is 4.92. The van der Waals surface area contributed by atoms with Crippen molar-refractivity contribution in [2.75, 3.05) is 13.2 Å². The van der Waals surface area contributed by atoms with E-state index < -0.39 is 11.9 Å². The molecule has 0 heterocycles. The van der Waals surface area contributed by atoms with Crippen LogP contribution in [0, 0.1) is 11.8 Å². The number of hydrogen-bond donors (Lipinski definition) is 2. The number of halogens is 2. The van der Waals surface area contributed by atoms with Crippen molar-refractivity contribution in [1.29, 1.82) is 0 Å². The van der Waals surface area contributed by atoms with Crippen molar-refractivity contribution in [2.24, 2.45) is 11.8 Å². The Morgan fingerprint density at radius 2 is 1.93 bits per heavy atom. The van der Waals surface area contributed by atoms with Gasteiger partial charge >= 0.3 is 5.97 Å². The minimum absolute atomic E-state index is 0.103. The van der Waals surface area contributed by atoms with Crippen LogP contribution in [0.3, 0.4) is 0 Å². The fraction of sp³-hybridized carbons (Fsp3) is 0.526. The molecule has 8 heteroatoms. The number of hydrogen-bond acceptors (Lipinski definition) is 4. The van der Waals surface area contributed by atoms with Gasteiger partial charge in [0.15, 0.2) is 6.61 Å². The van der Waals surface area contributed by atoms with E-state index in [4.69, 9.17) is 27.9 Å². The lowest BCUT2D eigenvalue weighted by molar-refractivity contribution is -0.147. The summed E-state index contributed by atoms with van der Waals surface area (Å²) in [6.07, 6.45) is 3.18. The number of esters is 1. The van der Waals surface area contributed by atoms with E-state index in [0.717, 1.165) is 12.8 Å². The van der Waals surface area contributed by atoms with Crippen molar-refractivity contribution in [3.63, 3.8) is 0 Å². The summed E-state index contributed by atoms with van der Waals surface area (Å²) in [6.45, 7) is 3.58. The lowest BCUT2D eigenvalue weighted by Gasteiger charge is -2.34. The first-order chi connectivity index (χ1) is 12.8. The van der Waals surface area contributed by atoms with Crippen molar-refractivity contribution in [1.82, 2.24) is 10.6 Å². The van der Waals surface area contributed by atoms with E-state index in [1.54, 1.807) is 0 Å². The summed E-state index contributed by atoms with van der Waals surface area (Å²) in [5, 5.41) is 5.92. The lowest BCUT2D eigenvalue weighted by atomic mass is 9.78. The van der Waals surface area contributed by atoms with Crippen molar-refractivity contribution >= 4 is 41.0 Å². The molecule has 0 unspecified atom stereocenters. The normalized spacial score (nSPS) is 22.0. The summed E-state index contributed by atoms with van der Waals surface area (Å²) in [4.78, 5) is 35.8. The van der Waals surface area contributed by atoms with Gasteiger partial charge in [0.2, 0.25) is 0 Å². The molecule has 1 aliphatic rings. The molecule has 1 aliphatic carbocycles. The number of ether oxygens (including phenoxy) is 1. The van der Waals surface area contributed by atoms with Crippen LogP contribution in [0.5, 0.6) is 0 Å². The maximum absolute atomic E-state index is 12.0. The van der Waals surface area contributed by atoms with Gasteiger partial charge in [-0.25, -0.2) is 0 Å². The Morgan fingerprint density at radius 3 is 2.63 bits per heavy atom. The Balaban J connectivity index is 1.72. The third-order valence-corrected chi connectivity index (χ3v) is 5.53. The highest BCUT2D eigenvalue weighted by Crippen LogP contribution is 2.29. The van der Waals surface area contributed by atoms with Crippen molar-refractivity contribution in [3.8, 4) is 0 Å². The predicted octanol–water partition coefficient (Wildman–Crippen LogP) is 3.21. The van der Waals surface area contributed by atoms with Gasteiger partial charge in [-0.2, -0.15) is 0 Å². The number of rotatable bonds is 6. The zero-order chi connectivity index (χ0) is 20.0. The van der Waals surface area contributed by atoms with Crippen LogP contribution in [-0.4, -0.2) is 37.0 Å². The fourth-order valence-corrected chi connectivity index (χ4v) is 3.65. The van der Waals surface area contributed by atoms with Crippen molar-refractivity contribution < 1.29 is 19.1 Å². The topological polar surface area (TPSA) is 84.5 Å². The molecule has 0 bridgehead atoms. The van der Waals surface area contributed by atoms with E-state index in [1.807, 2.05) is 0 Å². The summed E-state index contributed by atoms with van der Waals surface area (Å²) in [7, 11) is 0. The number of nitrogens with one attached hydrogen (secondary N) is 2. The molecule has 0 spiro atoms. The standard InChI is InChI=1S/C19H24Cl2N2O4/c1-11-4-3-5-16(12(11)2)23-17(24)10-27-18(25)9-22-19(26)14-7-6-13(20)8-15(14)21/h6-8,11-12,16H,3-5,9-10H2,1-2H3,(H,22,26)(H,23,24)/t11-,12+,16+/m1/s1. The van der Waals surface area contributed by atoms with Crippen LogP contribution < -0.4 is 10.6 Å². The molecule has 2 amide bonds. The van der Waals surface area contributed by atoms with E-state index in [-0.39, 0.29) is 35.7 Å². The van der Waals surface area contributed by atoms with Crippen LogP contribution in [0.15, 0.2) is 18.2 Å². The largest absolute Gasteiger partial charge is 0.454 e. The summed E-state index contributed by atoms with van der Waals surface area (Å²) in [5.41, 5.74) is 0.201. The highest BCUT2D eigenvalue weighted by atomic mass is 35.5. The first-order valence-corrected chi connectivity index (χ1v) is 9.71. The SMILES string of the molecule is C[C@H]1[C@H](C)CCC[C@@H]1NC(=O)COC(=O)CNC(=O)c1ccc(Cl)cc1Cl. The Labute approximate surface area is 168 Å². The Bertz CT molecular complexity index is 711. The zero-order valence-electron chi connectivity index (χ0n) is 15.4. The molecule has 148 valence electrons. The van der Waals surface area contributed by atoms with E-state index in [0.29, 0.717) is 16.9 Å². The molecule has 2 N–H and O–H groups in total. The zero-order valence-corrected chi connectivity index (χ0v) is 16.9. The second-order valence-electron chi connectivity index (χ2n) is 6.91. The summed E-state index contributed by atoms with van der Waals surface area (Å²) >= 11 is 11.7. The number of carbonyl (C=O) groups is 3. The first-order valence-electron chi connectivity index (χ1n) is 8.96. The molecular formula is C19H24Cl2N2O4. The van der Waals surface area contributed by atoms with Crippen molar-refractivity contribution in [3.05, 3.63) is 33.8 Å². The van der Waals surface area contributed by atoms with Gasteiger partial charge in [-0.05, 0) is 36.5 Å². The number of amides is 2. The minimum atomic E-state index is -0.700. The van der Waals surface area contributed by atoms with Gasteiger partial charge in [-0.3, -0.25) is 14.4 Å². The summed E-state index contributed by atoms with van der Waals surface area (Å²) in [5.74, 6) is -0.610. The lowest BCUT2D eigenvalue weighted by Crippen LogP contribution is -2.45. The third kappa shape index (κ3) is 6.40. The highest BCUT2D eigenvalue weighted by molar-refractivity contribution is 6.36. The molecule has 0 aliphatic heterocycles. The van der Waals surface area contributed by atoms with Crippen LogP contribution in [0.2, 0.25) is 10.0 Å². The number of carbonyl (C=O) groups excluding carboxylic acids is 3. The van der Waals surface area contributed by atoms with Crippen LogP contribution in [0.25, 0.3) is 0 Å². The average molecular weight is 415 g/mol. The van der Waals surface area contributed by atoms with Gasteiger partial charge in [0.25, 0.3) is 11.8 Å². The maximum Gasteiger partial charge on any atom is 0.325 e. The van der Waals surface area contributed by atoms with Gasteiger partial charge in [-0.15, -0.1) is 0 Å². The molecular weight excluding hydrogens is 391 g/mol. The molecule has 1 fully saturated rings. The third-order valence-electron chi connectivity index (χ3n) is 4.99. The molecule has 2 rings (SSSR count). The van der Waals surface area contributed by atoms with E-state index >= 15 is 0 Å². The van der Waals surface area contributed by atoms with Crippen molar-refractivity contribution in [2.45, 2.75) is 39.2 Å². The number of benzene rings is 1. The van der Waals surface area contributed by atoms with Gasteiger partial charge in [-0.1, -0.05) is 49.9 Å². The highest BCUT2D eigenvalue weighted by Gasteiger charge is 2.28. The quantitative estimate of drug-likeness (QED) is 0.699. The van der Waals surface area contributed by atoms with Gasteiger partial charge in [0.05, 0.1) is 10.6 Å². The monoisotopic (exact) mass is 414 g/mol. The van der Waals surface area contributed by atoms with Crippen LogP contribution in [0.4, 0.5) is 0 Å². The van der Waals surface area contributed by atoms with Gasteiger partial charge in [0, 0.05) is 11.1 Å². The van der Waals surface area contributed by atoms with E-state index in [9.17, 15) is 14.4 Å². The molecule has 27 heavy (non-hydrogen) atoms. The molecule has 0 radical (unpaired) electrons. The Kier molecular flexibility index (Phi) is 7.92. The van der Waals surface area contributed by atoms with Crippen LogP contribution >= 0.6 is 23.2 Å². The van der Waals surface area contributed by atoms with E-state index in [1.165, 1.54) is 24.6 Å². The Morgan fingerprint density at radius 1 is 1.19 bits per heavy atom. The second-order valence-corrected chi connectivity index (χ2v) is 7.75.